The van der Waals surface area contributed by atoms with Crippen molar-refractivity contribution in [1.82, 2.24) is 14.9 Å². The van der Waals surface area contributed by atoms with Crippen LogP contribution in [0.2, 0.25) is 5.02 Å². The predicted octanol–water partition coefficient (Wildman–Crippen LogP) is 3.82. The summed E-state index contributed by atoms with van der Waals surface area (Å²) in [4.78, 5) is 12.3. The van der Waals surface area contributed by atoms with Crippen molar-refractivity contribution in [3.63, 3.8) is 0 Å². The van der Waals surface area contributed by atoms with Gasteiger partial charge in [-0.3, -0.25) is 0 Å². The number of hydrogen-bond acceptors (Lipinski definition) is 8. The van der Waals surface area contributed by atoms with E-state index in [2.05, 4.69) is 14.9 Å². The number of benzene rings is 2. The van der Waals surface area contributed by atoms with Gasteiger partial charge >= 0.3 is 5.97 Å². The number of ether oxygens (including phenoxy) is 1. The monoisotopic (exact) mass is 473 g/mol. The first kappa shape index (κ1) is 21.8. The number of carbonyl (C=O) groups is 1. The van der Waals surface area contributed by atoms with Gasteiger partial charge in [0.1, 0.15) is 5.76 Å². The van der Waals surface area contributed by atoms with Crippen molar-refractivity contribution in [2.45, 2.75) is 18.0 Å². The Hall–Kier alpha value is -3.47. The van der Waals surface area contributed by atoms with Crippen LogP contribution < -0.4 is 4.72 Å². The molecule has 0 radical (unpaired) electrons. The van der Waals surface area contributed by atoms with Crippen molar-refractivity contribution in [2.24, 2.45) is 0 Å². The summed E-state index contributed by atoms with van der Waals surface area (Å²) < 4.78 is 42.9. The van der Waals surface area contributed by atoms with Gasteiger partial charge in [0.2, 0.25) is 15.9 Å². The third-order valence-electron chi connectivity index (χ3n) is 4.30. The Bertz CT molecular complexity index is 1300. The standard InChI is InChI=1S/C21H16ClN3O6S/c22-16-7-3-14(4-8-16)20-25-24-19(31-20)13-30-21(26)15-5-9-18(10-6-15)32(27,28)23-12-17-2-1-11-29-17/h1-11,23H,12-13H2. The molecule has 9 nitrogen and oxygen atoms in total. The molecule has 2 aromatic heterocycles. The van der Waals surface area contributed by atoms with E-state index < -0.39 is 16.0 Å². The van der Waals surface area contributed by atoms with Gasteiger partial charge in [-0.15, -0.1) is 10.2 Å². The number of nitrogens with zero attached hydrogens (tertiary/aromatic N) is 2. The lowest BCUT2D eigenvalue weighted by atomic mass is 10.2. The number of sulfonamides is 1. The number of furan rings is 1. The van der Waals surface area contributed by atoms with Crippen LogP contribution in [-0.4, -0.2) is 24.6 Å². The predicted molar refractivity (Wildman–Crippen MR) is 113 cm³/mol. The van der Waals surface area contributed by atoms with Gasteiger partial charge in [-0.2, -0.15) is 0 Å². The molecule has 0 unspecified atom stereocenters. The van der Waals surface area contributed by atoms with E-state index in [4.69, 9.17) is 25.2 Å². The van der Waals surface area contributed by atoms with E-state index in [0.717, 1.165) is 0 Å². The summed E-state index contributed by atoms with van der Waals surface area (Å²) in [5.41, 5.74) is 0.851. The molecule has 0 aliphatic heterocycles. The molecule has 11 heteroatoms. The Morgan fingerprint density at radius 3 is 2.47 bits per heavy atom. The maximum absolute atomic E-state index is 12.4. The molecule has 4 aromatic rings. The molecule has 0 saturated heterocycles. The number of nitrogens with one attached hydrogen (secondary N) is 1. The number of rotatable bonds is 8. The average molecular weight is 474 g/mol. The van der Waals surface area contributed by atoms with Gasteiger partial charge in [-0.1, -0.05) is 11.6 Å². The third kappa shape index (κ3) is 5.22. The largest absolute Gasteiger partial charge is 0.468 e. The maximum Gasteiger partial charge on any atom is 0.338 e. The van der Waals surface area contributed by atoms with E-state index in [-0.39, 0.29) is 35.4 Å². The van der Waals surface area contributed by atoms with Crippen LogP contribution in [0.3, 0.4) is 0 Å². The van der Waals surface area contributed by atoms with Gasteiger partial charge in [0, 0.05) is 10.6 Å². The van der Waals surface area contributed by atoms with Gasteiger partial charge in [-0.25, -0.2) is 17.9 Å². The molecular weight excluding hydrogens is 458 g/mol. The Kier molecular flexibility index (Phi) is 6.35. The molecule has 4 rings (SSSR count). The van der Waals surface area contributed by atoms with Crippen LogP contribution in [-0.2, 0) is 27.9 Å². The van der Waals surface area contributed by atoms with Crippen molar-refractivity contribution in [3.05, 3.63) is 89.2 Å². The highest BCUT2D eigenvalue weighted by molar-refractivity contribution is 7.89. The minimum absolute atomic E-state index is 0.00473. The van der Waals surface area contributed by atoms with E-state index in [1.807, 2.05) is 0 Å². The number of aromatic nitrogens is 2. The molecule has 0 atom stereocenters. The molecule has 0 aliphatic rings. The Balaban J connectivity index is 1.34. The van der Waals surface area contributed by atoms with Crippen molar-refractivity contribution < 1.29 is 26.8 Å². The fraction of sp³-hybridized carbons (Fsp3) is 0.0952. The lowest BCUT2D eigenvalue weighted by Gasteiger charge is -2.07. The Labute approximate surface area is 188 Å². The molecular formula is C21H16ClN3O6S. The Morgan fingerprint density at radius 2 is 1.78 bits per heavy atom. The lowest BCUT2D eigenvalue weighted by molar-refractivity contribution is 0.0438. The zero-order valence-electron chi connectivity index (χ0n) is 16.4. The highest BCUT2D eigenvalue weighted by Gasteiger charge is 2.17. The fourth-order valence-electron chi connectivity index (χ4n) is 2.66. The molecule has 0 amide bonds. The second kappa shape index (κ2) is 9.35. The van der Waals surface area contributed by atoms with Crippen LogP contribution in [0, 0.1) is 0 Å². The first-order chi connectivity index (χ1) is 15.4. The number of halogens is 1. The number of carbonyl (C=O) groups excluding carboxylic acids is 1. The van der Waals surface area contributed by atoms with Crippen LogP contribution in [0.5, 0.6) is 0 Å². The van der Waals surface area contributed by atoms with Gasteiger partial charge in [0.15, 0.2) is 6.61 Å². The molecule has 164 valence electrons. The highest BCUT2D eigenvalue weighted by atomic mass is 35.5. The number of esters is 1. The van der Waals surface area contributed by atoms with E-state index in [1.165, 1.54) is 30.5 Å². The van der Waals surface area contributed by atoms with E-state index >= 15 is 0 Å². The van der Waals surface area contributed by atoms with Gasteiger partial charge in [0.05, 0.1) is 23.3 Å². The van der Waals surface area contributed by atoms with E-state index in [9.17, 15) is 13.2 Å². The average Bonchev–Trinajstić information content (AvgIpc) is 3.49. The van der Waals surface area contributed by atoms with E-state index in [0.29, 0.717) is 16.3 Å². The van der Waals surface area contributed by atoms with Gasteiger partial charge < -0.3 is 13.6 Å². The zero-order chi connectivity index (χ0) is 22.6. The first-order valence-electron chi connectivity index (χ1n) is 9.28. The van der Waals surface area contributed by atoms with Crippen molar-refractivity contribution >= 4 is 27.6 Å². The van der Waals surface area contributed by atoms with E-state index in [1.54, 1.807) is 36.4 Å². The molecule has 0 aliphatic carbocycles. The number of hydrogen-bond donors (Lipinski definition) is 1. The first-order valence-corrected chi connectivity index (χ1v) is 11.1. The molecule has 1 N–H and O–H groups in total. The van der Waals surface area contributed by atoms with Crippen LogP contribution in [0.15, 0.2) is 80.7 Å². The molecule has 0 spiro atoms. The molecule has 32 heavy (non-hydrogen) atoms. The molecule has 0 fully saturated rings. The molecule has 2 heterocycles. The normalized spacial score (nSPS) is 11.4. The molecule has 0 saturated carbocycles. The zero-order valence-corrected chi connectivity index (χ0v) is 18.0. The minimum atomic E-state index is -3.76. The quantitative estimate of drug-likeness (QED) is 0.383. The molecule has 2 aromatic carbocycles. The summed E-state index contributed by atoms with van der Waals surface area (Å²) in [5.74, 6) is 0.201. The minimum Gasteiger partial charge on any atom is -0.468 e. The fourth-order valence-corrected chi connectivity index (χ4v) is 3.78. The summed E-state index contributed by atoms with van der Waals surface area (Å²) in [6, 6.07) is 15.5. The van der Waals surface area contributed by atoms with Crippen LogP contribution in [0.1, 0.15) is 22.0 Å². The van der Waals surface area contributed by atoms with Crippen molar-refractivity contribution in [3.8, 4) is 11.5 Å². The van der Waals surface area contributed by atoms with Gasteiger partial charge in [-0.05, 0) is 60.7 Å². The van der Waals surface area contributed by atoms with Crippen LogP contribution in [0.4, 0.5) is 0 Å². The topological polar surface area (TPSA) is 125 Å². The van der Waals surface area contributed by atoms with Gasteiger partial charge in [0.25, 0.3) is 5.89 Å². The lowest BCUT2D eigenvalue weighted by Crippen LogP contribution is -2.23. The van der Waals surface area contributed by atoms with Crippen LogP contribution in [0.25, 0.3) is 11.5 Å². The van der Waals surface area contributed by atoms with Crippen molar-refractivity contribution in [2.75, 3.05) is 0 Å². The second-order valence-corrected chi connectivity index (χ2v) is 8.72. The summed E-state index contributed by atoms with van der Waals surface area (Å²) in [6.45, 7) is -0.217. The smallest absolute Gasteiger partial charge is 0.338 e. The third-order valence-corrected chi connectivity index (χ3v) is 5.97. The summed E-state index contributed by atoms with van der Waals surface area (Å²) in [6.07, 6.45) is 1.46. The summed E-state index contributed by atoms with van der Waals surface area (Å²) in [5, 5.41) is 8.33. The second-order valence-electron chi connectivity index (χ2n) is 6.51. The maximum atomic E-state index is 12.4. The summed E-state index contributed by atoms with van der Waals surface area (Å²) >= 11 is 5.85. The Morgan fingerprint density at radius 1 is 1.03 bits per heavy atom. The highest BCUT2D eigenvalue weighted by Crippen LogP contribution is 2.20. The van der Waals surface area contributed by atoms with Crippen LogP contribution >= 0.6 is 11.6 Å². The SMILES string of the molecule is O=C(OCc1nnc(-c2ccc(Cl)cc2)o1)c1ccc(S(=O)(=O)NCc2ccco2)cc1. The van der Waals surface area contributed by atoms with Crippen molar-refractivity contribution in [1.29, 1.82) is 0 Å². The summed E-state index contributed by atoms with van der Waals surface area (Å²) in [7, 11) is -3.76. The molecule has 0 bridgehead atoms.